The highest BCUT2D eigenvalue weighted by Gasteiger charge is 2.29. The van der Waals surface area contributed by atoms with Gasteiger partial charge in [-0.2, -0.15) is 0 Å². The monoisotopic (exact) mass is 288 g/mol. The number of aryl methyl sites for hydroxylation is 1. The molecular weight excluding hydrogens is 264 g/mol. The van der Waals surface area contributed by atoms with Crippen molar-refractivity contribution in [2.24, 2.45) is 5.92 Å². The summed E-state index contributed by atoms with van der Waals surface area (Å²) in [6.45, 7) is 3.71. The van der Waals surface area contributed by atoms with Crippen LogP contribution in [0.4, 0.5) is 5.82 Å². The Bertz CT molecular complexity index is 491. The Kier molecular flexibility index (Phi) is 4.36. The van der Waals surface area contributed by atoms with E-state index in [-0.39, 0.29) is 0 Å². The summed E-state index contributed by atoms with van der Waals surface area (Å²) in [4.78, 5) is 22.8. The van der Waals surface area contributed by atoms with Gasteiger partial charge in [0.05, 0.1) is 0 Å². The molecule has 0 aromatic carbocycles. The van der Waals surface area contributed by atoms with E-state index in [0.29, 0.717) is 17.9 Å². The van der Waals surface area contributed by atoms with Crippen LogP contribution in [0.5, 0.6) is 0 Å². The molecule has 1 saturated carbocycles. The molecule has 1 aliphatic carbocycles. The lowest BCUT2D eigenvalue weighted by Crippen LogP contribution is -2.44. The average molecular weight is 288 g/mol. The number of nitrogens with zero attached hydrogens (tertiary/aromatic N) is 3. The fraction of sp³-hybridized carbons (Fsp3) is 0.688. The molecule has 3 rings (SSSR count). The van der Waals surface area contributed by atoms with Crippen LogP contribution in [0.25, 0.3) is 0 Å². The summed E-state index contributed by atoms with van der Waals surface area (Å²) in [6, 6.07) is 2.38. The molecule has 1 amide bonds. The van der Waals surface area contributed by atoms with Gasteiger partial charge in [0.25, 0.3) is 0 Å². The van der Waals surface area contributed by atoms with Crippen LogP contribution >= 0.6 is 0 Å². The first kappa shape index (κ1) is 14.3. The van der Waals surface area contributed by atoms with Crippen LogP contribution in [0.3, 0.4) is 0 Å². The zero-order valence-corrected chi connectivity index (χ0v) is 12.7. The van der Waals surface area contributed by atoms with E-state index in [0.717, 1.165) is 50.3 Å². The number of nitrogens with one attached hydrogen (secondary N) is 1. The van der Waals surface area contributed by atoms with E-state index in [2.05, 4.69) is 20.2 Å². The van der Waals surface area contributed by atoms with E-state index >= 15 is 0 Å². The van der Waals surface area contributed by atoms with Crippen molar-refractivity contribution < 1.29 is 4.79 Å². The summed E-state index contributed by atoms with van der Waals surface area (Å²) < 4.78 is 0. The topological polar surface area (TPSA) is 58.1 Å². The van der Waals surface area contributed by atoms with Crippen LogP contribution in [-0.4, -0.2) is 39.9 Å². The lowest BCUT2D eigenvalue weighted by Gasteiger charge is -2.34. The van der Waals surface area contributed by atoms with Gasteiger partial charge >= 0.3 is 0 Å². The van der Waals surface area contributed by atoms with Crippen LogP contribution in [0.2, 0.25) is 0 Å². The van der Waals surface area contributed by atoms with E-state index in [1.807, 2.05) is 13.0 Å². The molecule has 1 aliphatic heterocycles. The van der Waals surface area contributed by atoms with Crippen molar-refractivity contribution in [1.29, 1.82) is 0 Å². The fourth-order valence-electron chi connectivity index (χ4n) is 3.42. The maximum atomic E-state index is 12.4. The second-order valence-electron chi connectivity index (χ2n) is 6.27. The summed E-state index contributed by atoms with van der Waals surface area (Å²) in [7, 11) is 0. The highest BCUT2D eigenvalue weighted by Crippen LogP contribution is 2.28. The van der Waals surface area contributed by atoms with E-state index in [1.165, 1.54) is 12.8 Å². The van der Waals surface area contributed by atoms with E-state index in [4.69, 9.17) is 0 Å². The molecule has 2 fully saturated rings. The second kappa shape index (κ2) is 6.41. The fourth-order valence-corrected chi connectivity index (χ4v) is 3.42. The predicted octanol–water partition coefficient (Wildman–Crippen LogP) is 2.38. The number of likely N-dealkylation sites (tertiary alicyclic amines) is 1. The van der Waals surface area contributed by atoms with Crippen molar-refractivity contribution in [3.05, 3.63) is 18.1 Å². The molecule has 5 heteroatoms. The number of hydrogen-bond acceptors (Lipinski definition) is 4. The van der Waals surface area contributed by atoms with Gasteiger partial charge in [-0.05, 0) is 32.6 Å². The van der Waals surface area contributed by atoms with Gasteiger partial charge in [-0.1, -0.05) is 12.8 Å². The predicted molar refractivity (Wildman–Crippen MR) is 82.0 cm³/mol. The quantitative estimate of drug-likeness (QED) is 0.927. The number of hydrogen-bond donors (Lipinski definition) is 1. The maximum Gasteiger partial charge on any atom is 0.225 e. The minimum atomic E-state index is 0.305. The summed E-state index contributed by atoms with van der Waals surface area (Å²) in [6.07, 6.45) is 8.23. The van der Waals surface area contributed by atoms with Gasteiger partial charge in [0, 0.05) is 36.8 Å². The Morgan fingerprint density at radius 2 is 1.90 bits per heavy atom. The minimum absolute atomic E-state index is 0.305. The Hall–Kier alpha value is -1.65. The highest BCUT2D eigenvalue weighted by atomic mass is 16.2. The van der Waals surface area contributed by atoms with Gasteiger partial charge in [-0.25, -0.2) is 9.97 Å². The smallest absolute Gasteiger partial charge is 0.225 e. The summed E-state index contributed by atoms with van der Waals surface area (Å²) in [5.41, 5.74) is 0.973. The number of carbonyl (C=O) groups is 1. The van der Waals surface area contributed by atoms with Gasteiger partial charge in [0.15, 0.2) is 0 Å². The normalized spacial score (nSPS) is 20.7. The third kappa shape index (κ3) is 3.52. The van der Waals surface area contributed by atoms with Gasteiger partial charge in [-0.15, -0.1) is 0 Å². The molecule has 1 aromatic heterocycles. The summed E-state index contributed by atoms with van der Waals surface area (Å²) in [5.74, 6) is 1.59. The molecule has 0 spiro atoms. The molecule has 21 heavy (non-hydrogen) atoms. The third-order valence-corrected chi connectivity index (χ3v) is 4.67. The first-order chi connectivity index (χ1) is 10.2. The molecule has 114 valence electrons. The van der Waals surface area contributed by atoms with Crippen LogP contribution in [0.15, 0.2) is 12.4 Å². The van der Waals surface area contributed by atoms with Crippen LogP contribution in [0.1, 0.15) is 44.2 Å². The zero-order chi connectivity index (χ0) is 14.7. The first-order valence-corrected chi connectivity index (χ1v) is 8.06. The number of amides is 1. The van der Waals surface area contributed by atoms with Crippen LogP contribution in [0, 0.1) is 12.8 Å². The highest BCUT2D eigenvalue weighted by molar-refractivity contribution is 5.79. The van der Waals surface area contributed by atoms with Crippen LogP contribution < -0.4 is 5.32 Å². The standard InChI is InChI=1S/C16H24N4O/c1-12-10-15(18-11-17-12)19-14-6-8-20(9-7-14)16(21)13-4-2-3-5-13/h10-11,13-14H,2-9H2,1H3,(H,17,18,19). The van der Waals surface area contributed by atoms with E-state index < -0.39 is 0 Å². The maximum absolute atomic E-state index is 12.4. The average Bonchev–Trinajstić information content (AvgIpc) is 3.01. The number of carbonyl (C=O) groups excluding carboxylic acids is 1. The van der Waals surface area contributed by atoms with Crippen molar-refractivity contribution in [3.63, 3.8) is 0 Å². The zero-order valence-electron chi connectivity index (χ0n) is 12.7. The Balaban J connectivity index is 1.49. The lowest BCUT2D eigenvalue weighted by atomic mass is 10.0. The molecule has 0 atom stereocenters. The molecule has 0 bridgehead atoms. The summed E-state index contributed by atoms with van der Waals surface area (Å²) >= 11 is 0. The number of aromatic nitrogens is 2. The Morgan fingerprint density at radius 1 is 1.19 bits per heavy atom. The van der Waals surface area contributed by atoms with Gasteiger partial charge in [-0.3, -0.25) is 4.79 Å². The lowest BCUT2D eigenvalue weighted by molar-refractivity contribution is -0.136. The first-order valence-electron chi connectivity index (χ1n) is 8.06. The summed E-state index contributed by atoms with van der Waals surface area (Å²) in [5, 5.41) is 3.46. The molecule has 0 unspecified atom stereocenters. The van der Waals surface area contributed by atoms with Crippen molar-refractivity contribution in [3.8, 4) is 0 Å². The molecule has 1 aromatic rings. The van der Waals surface area contributed by atoms with Crippen molar-refractivity contribution >= 4 is 11.7 Å². The van der Waals surface area contributed by atoms with Gasteiger partial charge < -0.3 is 10.2 Å². The van der Waals surface area contributed by atoms with Crippen molar-refractivity contribution in [2.45, 2.75) is 51.5 Å². The second-order valence-corrected chi connectivity index (χ2v) is 6.27. The molecule has 1 saturated heterocycles. The number of anilines is 1. The molecule has 1 N–H and O–H groups in total. The molecule has 0 radical (unpaired) electrons. The largest absolute Gasteiger partial charge is 0.367 e. The SMILES string of the molecule is Cc1cc(NC2CCN(C(=O)C3CCCC3)CC2)ncn1. The van der Waals surface area contributed by atoms with E-state index in [1.54, 1.807) is 6.33 Å². The van der Waals surface area contributed by atoms with Crippen molar-refractivity contribution in [2.75, 3.05) is 18.4 Å². The molecular formula is C16H24N4O. The van der Waals surface area contributed by atoms with Crippen molar-refractivity contribution in [1.82, 2.24) is 14.9 Å². The molecule has 2 aliphatic rings. The molecule has 2 heterocycles. The van der Waals surface area contributed by atoms with Gasteiger partial charge in [0.1, 0.15) is 12.1 Å². The minimum Gasteiger partial charge on any atom is -0.367 e. The molecule has 5 nitrogen and oxygen atoms in total. The number of rotatable bonds is 3. The Labute approximate surface area is 126 Å². The third-order valence-electron chi connectivity index (χ3n) is 4.67. The van der Waals surface area contributed by atoms with Crippen LogP contribution in [-0.2, 0) is 4.79 Å². The Morgan fingerprint density at radius 3 is 2.57 bits per heavy atom. The van der Waals surface area contributed by atoms with E-state index in [9.17, 15) is 4.79 Å². The number of piperidine rings is 1. The van der Waals surface area contributed by atoms with Gasteiger partial charge in [0.2, 0.25) is 5.91 Å².